The molecule has 0 aromatic heterocycles. The third kappa shape index (κ3) is 5.38. The van der Waals surface area contributed by atoms with Crippen molar-refractivity contribution in [2.75, 3.05) is 13.1 Å². The minimum atomic E-state index is -0.811. The van der Waals surface area contributed by atoms with Crippen LogP contribution in [0.1, 0.15) is 52.1 Å². The summed E-state index contributed by atoms with van der Waals surface area (Å²) in [4.78, 5) is 13.7. The molecule has 0 spiro atoms. The second-order valence-corrected chi connectivity index (χ2v) is 5.46. The fraction of sp³-hybridized carbons (Fsp3) is 0.588. The summed E-state index contributed by atoms with van der Waals surface area (Å²) in [5.41, 5.74) is 0.776. The van der Waals surface area contributed by atoms with E-state index in [1.807, 2.05) is 49.9 Å². The van der Waals surface area contributed by atoms with Gasteiger partial charge in [-0.3, -0.25) is 9.69 Å². The molecule has 0 saturated heterocycles. The molecule has 0 heterocycles. The summed E-state index contributed by atoms with van der Waals surface area (Å²) in [6.07, 6.45) is 2.13. The standard InChI is InChI=1S/C17H27NO3/c1-5-7-11-18(6-2)16(17(19)20)14-9-8-10-15(12-14)21-13(3)4/h8-10,12-13,16H,5-7,11H2,1-4H3,(H,19,20). The van der Waals surface area contributed by atoms with E-state index in [4.69, 9.17) is 4.74 Å². The van der Waals surface area contributed by atoms with Crippen LogP contribution >= 0.6 is 0 Å². The smallest absolute Gasteiger partial charge is 0.325 e. The van der Waals surface area contributed by atoms with Gasteiger partial charge < -0.3 is 9.84 Å². The van der Waals surface area contributed by atoms with Crippen molar-refractivity contribution in [2.45, 2.75) is 52.7 Å². The molecule has 0 amide bonds. The normalized spacial score (nSPS) is 12.7. The van der Waals surface area contributed by atoms with E-state index < -0.39 is 12.0 Å². The van der Waals surface area contributed by atoms with Gasteiger partial charge in [0, 0.05) is 0 Å². The molecule has 1 N–H and O–H groups in total. The van der Waals surface area contributed by atoms with E-state index in [0.29, 0.717) is 6.54 Å². The number of hydrogen-bond donors (Lipinski definition) is 1. The number of carbonyl (C=O) groups is 1. The Kier molecular flexibility index (Phi) is 7.23. The maximum Gasteiger partial charge on any atom is 0.325 e. The first-order chi connectivity index (χ1) is 9.99. The number of nitrogens with zero attached hydrogens (tertiary/aromatic N) is 1. The van der Waals surface area contributed by atoms with Crippen LogP contribution in [0.5, 0.6) is 5.75 Å². The van der Waals surface area contributed by atoms with E-state index in [0.717, 1.165) is 30.7 Å². The number of unbranched alkanes of at least 4 members (excludes halogenated alkanes) is 1. The molecule has 0 radical (unpaired) electrons. The molecule has 1 aromatic carbocycles. The second-order valence-electron chi connectivity index (χ2n) is 5.46. The van der Waals surface area contributed by atoms with Crippen LogP contribution in [0.15, 0.2) is 24.3 Å². The molecule has 0 aliphatic heterocycles. The van der Waals surface area contributed by atoms with Crippen molar-refractivity contribution in [1.82, 2.24) is 4.90 Å². The van der Waals surface area contributed by atoms with Gasteiger partial charge >= 0.3 is 5.97 Å². The van der Waals surface area contributed by atoms with E-state index >= 15 is 0 Å². The van der Waals surface area contributed by atoms with Crippen LogP contribution < -0.4 is 4.74 Å². The first kappa shape index (κ1) is 17.5. The van der Waals surface area contributed by atoms with E-state index in [1.165, 1.54) is 0 Å². The van der Waals surface area contributed by atoms with Crippen LogP contribution in [0.4, 0.5) is 0 Å². The summed E-state index contributed by atoms with van der Waals surface area (Å²) >= 11 is 0. The Labute approximate surface area is 127 Å². The van der Waals surface area contributed by atoms with Crippen LogP contribution in [-0.4, -0.2) is 35.2 Å². The van der Waals surface area contributed by atoms with Gasteiger partial charge in [0.15, 0.2) is 0 Å². The molecular formula is C17H27NO3. The van der Waals surface area contributed by atoms with Crippen molar-refractivity contribution in [3.05, 3.63) is 29.8 Å². The zero-order chi connectivity index (χ0) is 15.8. The Bertz CT molecular complexity index is 445. The maximum absolute atomic E-state index is 11.7. The number of hydrogen-bond acceptors (Lipinski definition) is 3. The summed E-state index contributed by atoms with van der Waals surface area (Å²) in [7, 11) is 0. The van der Waals surface area contributed by atoms with E-state index in [-0.39, 0.29) is 6.10 Å². The van der Waals surface area contributed by atoms with Crippen molar-refractivity contribution in [1.29, 1.82) is 0 Å². The summed E-state index contributed by atoms with van der Waals surface area (Å²) in [6.45, 7) is 9.54. The zero-order valence-electron chi connectivity index (χ0n) is 13.5. The topological polar surface area (TPSA) is 49.8 Å². The molecule has 1 rings (SSSR count). The molecule has 118 valence electrons. The Morgan fingerprint density at radius 2 is 2.05 bits per heavy atom. The van der Waals surface area contributed by atoms with Crippen LogP contribution in [0, 0.1) is 0 Å². The highest BCUT2D eigenvalue weighted by atomic mass is 16.5. The highest BCUT2D eigenvalue weighted by molar-refractivity contribution is 5.75. The summed E-state index contributed by atoms with van der Waals surface area (Å²) in [6, 6.07) is 6.81. The fourth-order valence-electron chi connectivity index (χ4n) is 2.37. The molecule has 0 fully saturated rings. The van der Waals surface area contributed by atoms with Gasteiger partial charge in [0.05, 0.1) is 6.10 Å². The highest BCUT2D eigenvalue weighted by Gasteiger charge is 2.26. The molecule has 21 heavy (non-hydrogen) atoms. The molecular weight excluding hydrogens is 266 g/mol. The van der Waals surface area contributed by atoms with Gasteiger partial charge in [-0.05, 0) is 51.1 Å². The minimum Gasteiger partial charge on any atom is -0.491 e. The van der Waals surface area contributed by atoms with Gasteiger partial charge in [-0.1, -0.05) is 32.4 Å². The average Bonchev–Trinajstić information content (AvgIpc) is 2.42. The molecule has 1 atom stereocenters. The summed E-state index contributed by atoms with van der Waals surface area (Å²) in [5, 5.41) is 9.62. The average molecular weight is 293 g/mol. The molecule has 0 saturated carbocycles. The molecule has 0 aliphatic carbocycles. The van der Waals surface area contributed by atoms with Crippen LogP contribution in [0.25, 0.3) is 0 Å². The van der Waals surface area contributed by atoms with Crippen molar-refractivity contribution < 1.29 is 14.6 Å². The second kappa shape index (κ2) is 8.67. The Morgan fingerprint density at radius 3 is 2.57 bits per heavy atom. The first-order valence-corrected chi connectivity index (χ1v) is 7.73. The quantitative estimate of drug-likeness (QED) is 0.754. The van der Waals surface area contributed by atoms with Gasteiger partial charge in [-0.15, -0.1) is 0 Å². The maximum atomic E-state index is 11.7. The lowest BCUT2D eigenvalue weighted by molar-refractivity contribution is -0.143. The van der Waals surface area contributed by atoms with Crippen LogP contribution in [0.3, 0.4) is 0 Å². The third-order valence-corrected chi connectivity index (χ3v) is 3.35. The Morgan fingerprint density at radius 1 is 1.33 bits per heavy atom. The number of likely N-dealkylation sites (N-methyl/N-ethyl adjacent to an activating group) is 1. The summed E-state index contributed by atoms with van der Waals surface area (Å²) < 4.78 is 5.67. The molecule has 1 unspecified atom stereocenters. The summed E-state index contributed by atoms with van der Waals surface area (Å²) in [5.74, 6) is -0.0880. The van der Waals surface area contributed by atoms with Gasteiger partial charge in [0.25, 0.3) is 0 Å². The predicted molar refractivity (Wildman–Crippen MR) is 84.7 cm³/mol. The van der Waals surface area contributed by atoms with E-state index in [1.54, 1.807) is 0 Å². The predicted octanol–water partition coefficient (Wildman–Crippen LogP) is 3.72. The van der Waals surface area contributed by atoms with Gasteiger partial charge in [-0.2, -0.15) is 0 Å². The Balaban J connectivity index is 3.01. The number of aliphatic carboxylic acids is 1. The lowest BCUT2D eigenvalue weighted by atomic mass is 10.0. The number of carboxylic acids is 1. The number of rotatable bonds is 9. The van der Waals surface area contributed by atoms with Crippen molar-refractivity contribution in [3.63, 3.8) is 0 Å². The lowest BCUT2D eigenvalue weighted by Crippen LogP contribution is -2.34. The SMILES string of the molecule is CCCCN(CC)C(C(=O)O)c1cccc(OC(C)C)c1. The van der Waals surface area contributed by atoms with Gasteiger partial charge in [-0.25, -0.2) is 0 Å². The van der Waals surface area contributed by atoms with Crippen molar-refractivity contribution in [2.24, 2.45) is 0 Å². The van der Waals surface area contributed by atoms with E-state index in [2.05, 4.69) is 6.92 Å². The largest absolute Gasteiger partial charge is 0.491 e. The van der Waals surface area contributed by atoms with Crippen molar-refractivity contribution >= 4 is 5.97 Å². The number of carboxylic acid groups (broad SMARTS) is 1. The number of benzene rings is 1. The van der Waals surface area contributed by atoms with Crippen molar-refractivity contribution in [3.8, 4) is 5.75 Å². The molecule has 4 heteroatoms. The molecule has 4 nitrogen and oxygen atoms in total. The third-order valence-electron chi connectivity index (χ3n) is 3.35. The monoisotopic (exact) mass is 293 g/mol. The van der Waals surface area contributed by atoms with Crippen LogP contribution in [-0.2, 0) is 4.79 Å². The molecule has 0 aliphatic rings. The van der Waals surface area contributed by atoms with Gasteiger partial charge in [0.2, 0.25) is 0 Å². The van der Waals surface area contributed by atoms with Gasteiger partial charge in [0.1, 0.15) is 11.8 Å². The number of ether oxygens (including phenoxy) is 1. The van der Waals surface area contributed by atoms with Crippen LogP contribution in [0.2, 0.25) is 0 Å². The minimum absolute atomic E-state index is 0.0749. The van der Waals surface area contributed by atoms with E-state index in [9.17, 15) is 9.90 Å². The lowest BCUT2D eigenvalue weighted by Gasteiger charge is -2.28. The highest BCUT2D eigenvalue weighted by Crippen LogP contribution is 2.25. The molecule has 0 bridgehead atoms. The molecule has 1 aromatic rings. The Hall–Kier alpha value is -1.55. The zero-order valence-corrected chi connectivity index (χ0v) is 13.5. The fourth-order valence-corrected chi connectivity index (χ4v) is 2.37. The first-order valence-electron chi connectivity index (χ1n) is 7.73.